The van der Waals surface area contributed by atoms with Crippen molar-refractivity contribution in [3.8, 4) is 0 Å². The van der Waals surface area contributed by atoms with Gasteiger partial charge in [-0.1, -0.05) is 12.1 Å². The lowest BCUT2D eigenvalue weighted by atomic mass is 10.0. The van der Waals surface area contributed by atoms with Crippen molar-refractivity contribution in [2.24, 2.45) is 0 Å². The molecule has 2 rings (SSSR count). The Morgan fingerprint density at radius 1 is 1.24 bits per heavy atom. The number of benzene rings is 1. The lowest BCUT2D eigenvalue weighted by Crippen LogP contribution is -2.04. The number of hydrogen-bond donors (Lipinski definition) is 2. The molecule has 4 nitrogen and oxygen atoms in total. The lowest BCUT2D eigenvalue weighted by Gasteiger charge is -2.02. The van der Waals surface area contributed by atoms with Gasteiger partial charge in [0.2, 0.25) is 5.76 Å². The molecular weight excluding hydrogens is 295 g/mol. The van der Waals surface area contributed by atoms with Gasteiger partial charge in [0.05, 0.1) is 4.88 Å². The predicted octanol–water partition coefficient (Wildman–Crippen LogP) is 3.19. The number of aliphatic hydroxyl groups excluding tert-OH is 1. The molecule has 0 atom stereocenters. The number of aliphatic hydroxyl groups is 1. The van der Waals surface area contributed by atoms with Gasteiger partial charge in [-0.25, -0.2) is 9.18 Å². The van der Waals surface area contributed by atoms with E-state index in [0.717, 1.165) is 11.3 Å². The molecule has 0 aliphatic carbocycles. The molecule has 0 fully saturated rings. The van der Waals surface area contributed by atoms with E-state index in [1.54, 1.807) is 23.6 Å². The molecule has 0 bridgehead atoms. The van der Waals surface area contributed by atoms with E-state index in [1.807, 2.05) is 0 Å². The van der Waals surface area contributed by atoms with Crippen molar-refractivity contribution in [3.05, 3.63) is 69.4 Å². The van der Waals surface area contributed by atoms with Gasteiger partial charge in [0.15, 0.2) is 5.78 Å². The summed E-state index contributed by atoms with van der Waals surface area (Å²) in [6.07, 6.45) is 1.02. The van der Waals surface area contributed by atoms with Crippen molar-refractivity contribution in [1.29, 1.82) is 0 Å². The number of carbonyl (C=O) groups is 2. The Labute approximate surface area is 123 Å². The number of ketones is 1. The molecular formula is C15H11FO4S. The van der Waals surface area contributed by atoms with Crippen molar-refractivity contribution in [2.75, 3.05) is 0 Å². The van der Waals surface area contributed by atoms with Crippen molar-refractivity contribution in [3.63, 3.8) is 0 Å². The number of aliphatic carboxylic acids is 1. The fraction of sp³-hybridized carbons (Fsp3) is 0.0667. The van der Waals surface area contributed by atoms with Gasteiger partial charge in [0.1, 0.15) is 5.82 Å². The van der Waals surface area contributed by atoms with Crippen LogP contribution in [0.1, 0.15) is 20.8 Å². The zero-order valence-electron chi connectivity index (χ0n) is 10.7. The number of halogens is 1. The number of allylic oxidation sites excluding steroid dienone is 1. The molecule has 0 amide bonds. The predicted molar refractivity (Wildman–Crippen MR) is 76.2 cm³/mol. The van der Waals surface area contributed by atoms with E-state index >= 15 is 0 Å². The van der Waals surface area contributed by atoms with Crippen molar-refractivity contribution in [2.45, 2.75) is 6.42 Å². The molecule has 0 radical (unpaired) electrons. The summed E-state index contributed by atoms with van der Waals surface area (Å²) in [7, 11) is 0. The summed E-state index contributed by atoms with van der Waals surface area (Å²) < 4.78 is 13.1. The molecule has 0 spiro atoms. The number of carboxylic acids is 1. The van der Waals surface area contributed by atoms with Gasteiger partial charge in [-0.05, 0) is 41.1 Å². The first-order valence-electron chi connectivity index (χ1n) is 5.96. The van der Waals surface area contributed by atoms with E-state index in [-0.39, 0.29) is 5.82 Å². The molecule has 0 saturated carbocycles. The fourth-order valence-electron chi connectivity index (χ4n) is 1.81. The Kier molecular flexibility index (Phi) is 4.49. The molecule has 108 valence electrons. The Balaban J connectivity index is 2.25. The van der Waals surface area contributed by atoms with Crippen molar-refractivity contribution in [1.82, 2.24) is 0 Å². The lowest BCUT2D eigenvalue weighted by molar-refractivity contribution is -0.135. The van der Waals surface area contributed by atoms with Crippen LogP contribution in [-0.4, -0.2) is 22.0 Å². The van der Waals surface area contributed by atoms with Crippen LogP contribution in [0.15, 0.2) is 47.5 Å². The summed E-state index contributed by atoms with van der Waals surface area (Å²) in [4.78, 5) is 22.8. The topological polar surface area (TPSA) is 74.6 Å². The van der Waals surface area contributed by atoms with Crippen LogP contribution in [0.4, 0.5) is 4.39 Å². The highest BCUT2D eigenvalue weighted by molar-refractivity contribution is 7.12. The average Bonchev–Trinajstić information content (AvgIpc) is 2.86. The van der Waals surface area contributed by atoms with Gasteiger partial charge in [-0.15, -0.1) is 11.3 Å². The first kappa shape index (κ1) is 14.9. The largest absolute Gasteiger partial charge is 0.502 e. The number of thiophene rings is 1. The summed E-state index contributed by atoms with van der Waals surface area (Å²) in [5.41, 5.74) is 1.36. The van der Waals surface area contributed by atoms with Gasteiger partial charge >= 0.3 is 5.97 Å². The Morgan fingerprint density at radius 2 is 2.00 bits per heavy atom. The molecule has 1 heterocycles. The van der Waals surface area contributed by atoms with Crippen LogP contribution in [0.2, 0.25) is 0 Å². The van der Waals surface area contributed by atoms with Gasteiger partial charge in [0, 0.05) is 6.08 Å². The minimum Gasteiger partial charge on any atom is -0.502 e. The first-order chi connectivity index (χ1) is 9.97. The summed E-state index contributed by atoms with van der Waals surface area (Å²) in [5, 5.41) is 19.4. The molecule has 0 saturated heterocycles. The van der Waals surface area contributed by atoms with Crippen LogP contribution in [0, 0.1) is 5.82 Å². The van der Waals surface area contributed by atoms with Gasteiger partial charge in [-0.2, -0.15) is 0 Å². The monoisotopic (exact) mass is 306 g/mol. The molecule has 0 aliphatic rings. The van der Waals surface area contributed by atoms with E-state index in [4.69, 9.17) is 10.2 Å². The van der Waals surface area contributed by atoms with E-state index in [0.29, 0.717) is 28.5 Å². The maximum absolute atomic E-state index is 13.1. The first-order valence-corrected chi connectivity index (χ1v) is 6.84. The quantitative estimate of drug-likeness (QED) is 0.505. The maximum Gasteiger partial charge on any atom is 0.371 e. The Morgan fingerprint density at radius 3 is 2.67 bits per heavy atom. The SMILES string of the molecule is O=C(O)/C(O)=C/C(=O)c1sccc1Cc1cccc(F)c1. The highest BCUT2D eigenvalue weighted by atomic mass is 32.1. The van der Waals surface area contributed by atoms with E-state index < -0.39 is 17.5 Å². The van der Waals surface area contributed by atoms with Crippen LogP contribution >= 0.6 is 11.3 Å². The number of hydrogen-bond acceptors (Lipinski definition) is 4. The van der Waals surface area contributed by atoms with Crippen LogP contribution in [0.25, 0.3) is 0 Å². The van der Waals surface area contributed by atoms with Gasteiger partial charge in [-0.3, -0.25) is 4.79 Å². The number of carbonyl (C=O) groups excluding carboxylic acids is 1. The maximum atomic E-state index is 13.1. The summed E-state index contributed by atoms with van der Waals surface area (Å²) in [6.45, 7) is 0. The Hall–Kier alpha value is -2.47. The molecule has 1 aromatic heterocycles. The molecule has 6 heteroatoms. The third-order valence-electron chi connectivity index (χ3n) is 2.74. The third kappa shape index (κ3) is 3.76. The van der Waals surface area contributed by atoms with E-state index in [9.17, 15) is 14.0 Å². The minimum atomic E-state index is -1.56. The van der Waals surface area contributed by atoms with E-state index in [1.165, 1.54) is 12.1 Å². The second-order valence-corrected chi connectivity index (χ2v) is 5.20. The summed E-state index contributed by atoms with van der Waals surface area (Å²) in [6, 6.07) is 7.73. The molecule has 1 aromatic carbocycles. The zero-order chi connectivity index (χ0) is 15.4. The van der Waals surface area contributed by atoms with Gasteiger partial charge in [0.25, 0.3) is 0 Å². The average molecular weight is 306 g/mol. The van der Waals surface area contributed by atoms with Crippen LogP contribution in [0.5, 0.6) is 0 Å². The third-order valence-corrected chi connectivity index (χ3v) is 3.71. The van der Waals surface area contributed by atoms with Crippen LogP contribution < -0.4 is 0 Å². The number of rotatable bonds is 5. The van der Waals surface area contributed by atoms with Crippen molar-refractivity contribution < 1.29 is 24.2 Å². The Bertz CT molecular complexity index is 718. The fourth-order valence-corrected chi connectivity index (χ4v) is 2.64. The van der Waals surface area contributed by atoms with Crippen LogP contribution in [0.3, 0.4) is 0 Å². The number of carboxylic acid groups (broad SMARTS) is 1. The van der Waals surface area contributed by atoms with Gasteiger partial charge < -0.3 is 10.2 Å². The highest BCUT2D eigenvalue weighted by Gasteiger charge is 2.15. The van der Waals surface area contributed by atoms with Crippen LogP contribution in [-0.2, 0) is 11.2 Å². The summed E-state index contributed by atoms with van der Waals surface area (Å²) >= 11 is 1.14. The normalized spacial score (nSPS) is 11.4. The van der Waals surface area contributed by atoms with E-state index in [2.05, 4.69) is 0 Å². The smallest absolute Gasteiger partial charge is 0.371 e. The zero-order valence-corrected chi connectivity index (χ0v) is 11.6. The molecule has 0 unspecified atom stereocenters. The second-order valence-electron chi connectivity index (χ2n) is 4.28. The minimum absolute atomic E-state index is 0.326. The summed E-state index contributed by atoms with van der Waals surface area (Å²) in [5.74, 6) is -3.52. The molecule has 0 aliphatic heterocycles. The van der Waals surface area contributed by atoms with Crippen molar-refractivity contribution >= 4 is 23.1 Å². The molecule has 21 heavy (non-hydrogen) atoms. The standard InChI is InChI=1S/C15H11FO4S/c16-11-3-1-2-9(7-11)6-10-4-5-21-14(10)12(17)8-13(18)15(19)20/h1-5,7-8,18H,6H2,(H,19,20)/b13-8-. The molecule has 2 aromatic rings. The second kappa shape index (κ2) is 6.32. The molecule has 2 N–H and O–H groups in total. The highest BCUT2D eigenvalue weighted by Crippen LogP contribution is 2.22.